The van der Waals surface area contributed by atoms with Crippen LogP contribution in [0.2, 0.25) is 0 Å². The molecule has 2 saturated heterocycles. The van der Waals surface area contributed by atoms with Crippen LogP contribution in [-0.2, 0) is 19.4 Å². The molecule has 1 amide bonds. The second-order valence-corrected chi connectivity index (χ2v) is 11.0. The number of fused-ring (bicyclic) bond motifs is 3. The maximum absolute atomic E-state index is 12.0. The number of imidazole rings is 1. The van der Waals surface area contributed by atoms with Crippen molar-refractivity contribution < 1.29 is 9.90 Å². The maximum Gasteiger partial charge on any atom is 0.412 e. The van der Waals surface area contributed by atoms with Crippen molar-refractivity contribution in [1.82, 2.24) is 14.5 Å². The van der Waals surface area contributed by atoms with Gasteiger partial charge in [-0.25, -0.2) is 9.78 Å². The average molecular weight is 463 g/mol. The van der Waals surface area contributed by atoms with Gasteiger partial charge in [0.15, 0.2) is 0 Å². The highest BCUT2D eigenvalue weighted by Crippen LogP contribution is 2.45. The van der Waals surface area contributed by atoms with Crippen LogP contribution in [0.4, 0.5) is 10.5 Å². The molecule has 172 valence electrons. The Labute approximate surface area is 198 Å². The van der Waals surface area contributed by atoms with E-state index >= 15 is 0 Å². The van der Waals surface area contributed by atoms with Crippen molar-refractivity contribution in [2.24, 2.45) is 5.41 Å². The minimum Gasteiger partial charge on any atom is -0.465 e. The molecule has 6 rings (SSSR count). The lowest BCUT2D eigenvalue weighted by Crippen LogP contribution is -2.63. The average Bonchev–Trinajstić information content (AvgIpc) is 3.09. The number of amides is 1. The largest absolute Gasteiger partial charge is 0.465 e. The summed E-state index contributed by atoms with van der Waals surface area (Å²) >= 11 is 2.07. The van der Waals surface area contributed by atoms with Gasteiger partial charge in [0.2, 0.25) is 0 Å². The van der Waals surface area contributed by atoms with Crippen molar-refractivity contribution in [2.45, 2.75) is 38.8 Å². The molecule has 7 heteroatoms. The Hall–Kier alpha value is -2.51. The van der Waals surface area contributed by atoms with E-state index in [0.29, 0.717) is 5.41 Å². The quantitative estimate of drug-likeness (QED) is 0.605. The van der Waals surface area contributed by atoms with Crippen LogP contribution in [0.1, 0.15) is 30.3 Å². The highest BCUT2D eigenvalue weighted by Gasteiger charge is 2.47. The van der Waals surface area contributed by atoms with Crippen molar-refractivity contribution in [1.29, 1.82) is 0 Å². The second kappa shape index (κ2) is 8.06. The first-order valence-electron chi connectivity index (χ1n) is 11.9. The van der Waals surface area contributed by atoms with Crippen molar-refractivity contribution in [2.75, 3.05) is 36.0 Å². The van der Waals surface area contributed by atoms with Gasteiger partial charge in [-0.3, -0.25) is 4.90 Å². The number of aromatic nitrogens is 2. The van der Waals surface area contributed by atoms with Crippen LogP contribution < -0.4 is 4.90 Å². The molecule has 6 nitrogen and oxygen atoms in total. The highest BCUT2D eigenvalue weighted by atomic mass is 32.2. The molecule has 33 heavy (non-hydrogen) atoms. The van der Waals surface area contributed by atoms with Gasteiger partial charge in [-0.1, -0.05) is 30.3 Å². The van der Waals surface area contributed by atoms with Crippen LogP contribution in [0.5, 0.6) is 0 Å². The molecule has 2 aromatic carbocycles. The standard InChI is InChI=1S/C26H30N4O2S/c1-18-7-8-20-21(30(18)25(31)32)9-10-22-24(20)27-23(13-19-5-3-2-4-6-19)29(22)12-11-28-14-26(15-28)16-33-17-26/h2-6,9-10,18H,7-8,11-17H2,1H3,(H,31,32)/t18-/m0/s1. The number of hydrogen-bond donors (Lipinski definition) is 1. The van der Waals surface area contributed by atoms with Crippen molar-refractivity contribution in [3.8, 4) is 0 Å². The Morgan fingerprint density at radius 1 is 1.15 bits per heavy atom. The summed E-state index contributed by atoms with van der Waals surface area (Å²) < 4.78 is 2.38. The number of carboxylic acid groups (broad SMARTS) is 1. The first-order valence-corrected chi connectivity index (χ1v) is 13.1. The highest BCUT2D eigenvalue weighted by molar-refractivity contribution is 8.00. The summed E-state index contributed by atoms with van der Waals surface area (Å²) in [7, 11) is 0. The van der Waals surface area contributed by atoms with E-state index in [1.807, 2.05) is 19.1 Å². The molecule has 0 aliphatic carbocycles. The predicted molar refractivity (Wildman–Crippen MR) is 133 cm³/mol. The Morgan fingerprint density at radius 2 is 1.94 bits per heavy atom. The van der Waals surface area contributed by atoms with Crippen molar-refractivity contribution in [3.05, 3.63) is 59.4 Å². The lowest BCUT2D eigenvalue weighted by Gasteiger charge is -2.55. The zero-order chi connectivity index (χ0) is 22.6. The van der Waals surface area contributed by atoms with E-state index in [0.717, 1.165) is 60.5 Å². The summed E-state index contributed by atoms with van der Waals surface area (Å²) in [5.41, 5.74) is 5.84. The van der Waals surface area contributed by atoms with Gasteiger partial charge in [0, 0.05) is 61.1 Å². The maximum atomic E-state index is 12.0. The summed E-state index contributed by atoms with van der Waals surface area (Å²) in [4.78, 5) is 21.2. The van der Waals surface area contributed by atoms with E-state index in [1.165, 1.54) is 35.1 Å². The van der Waals surface area contributed by atoms with E-state index in [2.05, 4.69) is 51.6 Å². The van der Waals surface area contributed by atoms with Crippen LogP contribution in [0.15, 0.2) is 42.5 Å². The SMILES string of the molecule is C[C@H]1CCc2c(ccc3c2nc(Cc2ccccc2)n3CCN2CC3(CSC3)C2)N1C(=O)O. The lowest BCUT2D eigenvalue weighted by molar-refractivity contribution is 0.0276. The van der Waals surface area contributed by atoms with Gasteiger partial charge < -0.3 is 14.6 Å². The van der Waals surface area contributed by atoms with Crippen LogP contribution in [0.25, 0.3) is 11.0 Å². The second-order valence-electron chi connectivity index (χ2n) is 10.0. The number of benzene rings is 2. The van der Waals surface area contributed by atoms with Gasteiger partial charge in [-0.15, -0.1) is 0 Å². The fraction of sp³-hybridized carbons (Fsp3) is 0.462. The molecule has 0 bridgehead atoms. The molecule has 0 saturated carbocycles. The normalized spacial score (nSPS) is 21.6. The Kier molecular flexibility index (Phi) is 5.14. The van der Waals surface area contributed by atoms with Gasteiger partial charge in [-0.05, 0) is 37.5 Å². The fourth-order valence-corrected chi connectivity index (χ4v) is 6.95. The van der Waals surface area contributed by atoms with E-state index in [9.17, 15) is 9.90 Å². The Bertz CT molecular complexity index is 1200. The van der Waals surface area contributed by atoms with E-state index in [-0.39, 0.29) is 6.04 Å². The minimum absolute atomic E-state index is 0.0123. The smallest absolute Gasteiger partial charge is 0.412 e. The topological polar surface area (TPSA) is 61.6 Å². The van der Waals surface area contributed by atoms with Crippen LogP contribution >= 0.6 is 11.8 Å². The van der Waals surface area contributed by atoms with E-state index in [4.69, 9.17) is 4.98 Å². The number of likely N-dealkylation sites (tertiary alicyclic amines) is 1. The zero-order valence-electron chi connectivity index (χ0n) is 19.0. The molecular weight excluding hydrogens is 432 g/mol. The minimum atomic E-state index is -0.882. The number of anilines is 1. The molecule has 1 N–H and O–H groups in total. The van der Waals surface area contributed by atoms with Gasteiger partial charge in [0.25, 0.3) is 0 Å². The molecule has 1 spiro atoms. The van der Waals surface area contributed by atoms with Gasteiger partial charge >= 0.3 is 6.09 Å². The molecule has 3 aliphatic heterocycles. The van der Waals surface area contributed by atoms with Crippen LogP contribution in [0, 0.1) is 5.41 Å². The summed E-state index contributed by atoms with van der Waals surface area (Å²) in [5, 5.41) is 9.82. The first-order chi connectivity index (χ1) is 16.0. The number of thioether (sulfide) groups is 1. The van der Waals surface area contributed by atoms with Gasteiger partial charge in [0.1, 0.15) is 5.82 Å². The summed E-state index contributed by atoms with van der Waals surface area (Å²) in [5.74, 6) is 3.71. The molecule has 4 heterocycles. The van der Waals surface area contributed by atoms with E-state index < -0.39 is 6.09 Å². The molecule has 0 radical (unpaired) electrons. The number of hydrogen-bond acceptors (Lipinski definition) is 4. The molecule has 3 aromatic rings. The Balaban J connectivity index is 1.36. The zero-order valence-corrected chi connectivity index (χ0v) is 19.9. The molecular formula is C26H30N4O2S. The third kappa shape index (κ3) is 3.62. The predicted octanol–water partition coefficient (Wildman–Crippen LogP) is 4.50. The summed E-state index contributed by atoms with van der Waals surface area (Å²) in [6.07, 6.45) is 1.59. The van der Waals surface area contributed by atoms with Gasteiger partial charge in [-0.2, -0.15) is 11.8 Å². The number of carbonyl (C=O) groups is 1. The molecule has 1 aromatic heterocycles. The van der Waals surface area contributed by atoms with Crippen molar-refractivity contribution >= 4 is 34.6 Å². The number of rotatable bonds is 5. The summed E-state index contributed by atoms with van der Waals surface area (Å²) in [6.45, 7) is 6.39. The van der Waals surface area contributed by atoms with E-state index in [1.54, 1.807) is 0 Å². The fourth-order valence-electron chi connectivity index (χ4n) is 5.81. The molecule has 0 unspecified atom stereocenters. The third-order valence-electron chi connectivity index (χ3n) is 7.58. The Morgan fingerprint density at radius 3 is 2.64 bits per heavy atom. The van der Waals surface area contributed by atoms with Crippen LogP contribution in [0.3, 0.4) is 0 Å². The van der Waals surface area contributed by atoms with Crippen molar-refractivity contribution in [3.63, 3.8) is 0 Å². The third-order valence-corrected chi connectivity index (χ3v) is 9.21. The summed E-state index contributed by atoms with van der Waals surface area (Å²) in [6, 6.07) is 14.6. The number of aryl methyl sites for hydroxylation is 1. The first kappa shape index (κ1) is 21.1. The molecule has 2 fully saturated rings. The lowest BCUT2D eigenvalue weighted by atomic mass is 9.83. The number of nitrogens with zero attached hydrogens (tertiary/aromatic N) is 4. The molecule has 3 aliphatic rings. The monoisotopic (exact) mass is 462 g/mol. The van der Waals surface area contributed by atoms with Gasteiger partial charge in [0.05, 0.1) is 16.7 Å². The van der Waals surface area contributed by atoms with Crippen LogP contribution in [-0.4, -0.2) is 62.8 Å². The molecule has 1 atom stereocenters.